The van der Waals surface area contributed by atoms with E-state index in [1.54, 1.807) is 13.0 Å². The summed E-state index contributed by atoms with van der Waals surface area (Å²) in [5.41, 5.74) is 0.382. The van der Waals surface area contributed by atoms with Gasteiger partial charge < -0.3 is 14.6 Å². The SMILES string of the molecule is COc1cc(Br)c(CC(C)O)c(F)c1OC. The molecule has 1 aromatic rings. The molecule has 0 aliphatic carbocycles. The molecule has 0 aliphatic heterocycles. The van der Waals surface area contributed by atoms with Crippen LogP contribution in [0.2, 0.25) is 0 Å². The van der Waals surface area contributed by atoms with Crippen LogP contribution < -0.4 is 9.47 Å². The third-order valence-electron chi connectivity index (χ3n) is 2.16. The summed E-state index contributed by atoms with van der Waals surface area (Å²) >= 11 is 3.24. The molecular formula is C11H14BrFO3. The number of aliphatic hydroxyl groups is 1. The highest BCUT2D eigenvalue weighted by atomic mass is 79.9. The zero-order valence-electron chi connectivity index (χ0n) is 9.38. The zero-order chi connectivity index (χ0) is 12.3. The fourth-order valence-electron chi connectivity index (χ4n) is 1.44. The topological polar surface area (TPSA) is 38.7 Å². The number of aliphatic hydroxyl groups excluding tert-OH is 1. The minimum atomic E-state index is -0.621. The van der Waals surface area contributed by atoms with Gasteiger partial charge in [-0.2, -0.15) is 0 Å². The van der Waals surface area contributed by atoms with E-state index in [0.717, 1.165) is 0 Å². The van der Waals surface area contributed by atoms with E-state index in [9.17, 15) is 9.50 Å². The Hall–Kier alpha value is -0.810. The molecule has 0 saturated heterocycles. The van der Waals surface area contributed by atoms with Crippen LogP contribution in [0.1, 0.15) is 12.5 Å². The van der Waals surface area contributed by atoms with Crippen molar-refractivity contribution in [3.63, 3.8) is 0 Å². The van der Waals surface area contributed by atoms with Gasteiger partial charge in [0.1, 0.15) is 0 Å². The van der Waals surface area contributed by atoms with E-state index in [4.69, 9.17) is 9.47 Å². The largest absolute Gasteiger partial charge is 0.493 e. The second-order valence-corrected chi connectivity index (χ2v) is 4.29. The molecule has 5 heteroatoms. The number of hydrogen-bond acceptors (Lipinski definition) is 3. The molecule has 0 aromatic heterocycles. The molecule has 0 radical (unpaired) electrons. The van der Waals surface area contributed by atoms with Crippen molar-refractivity contribution in [3.8, 4) is 11.5 Å². The number of methoxy groups -OCH3 is 2. The highest BCUT2D eigenvalue weighted by Gasteiger charge is 2.19. The molecular weight excluding hydrogens is 279 g/mol. The number of ether oxygens (including phenoxy) is 2. The molecule has 0 heterocycles. The average molecular weight is 293 g/mol. The van der Waals surface area contributed by atoms with Gasteiger partial charge >= 0.3 is 0 Å². The van der Waals surface area contributed by atoms with Crippen molar-refractivity contribution in [1.82, 2.24) is 0 Å². The summed E-state index contributed by atoms with van der Waals surface area (Å²) in [5, 5.41) is 9.29. The van der Waals surface area contributed by atoms with Crippen molar-refractivity contribution in [2.45, 2.75) is 19.4 Å². The molecule has 0 saturated carbocycles. The number of hydrogen-bond donors (Lipinski definition) is 1. The first-order chi connectivity index (χ1) is 7.51. The predicted molar refractivity (Wildman–Crippen MR) is 62.6 cm³/mol. The summed E-state index contributed by atoms with van der Waals surface area (Å²) in [7, 11) is 2.82. The molecule has 1 atom stereocenters. The molecule has 16 heavy (non-hydrogen) atoms. The van der Waals surface area contributed by atoms with Gasteiger partial charge in [0, 0.05) is 16.5 Å². The minimum absolute atomic E-state index is 0.0568. The van der Waals surface area contributed by atoms with Crippen molar-refractivity contribution in [3.05, 3.63) is 21.9 Å². The second-order valence-electron chi connectivity index (χ2n) is 3.44. The highest BCUT2D eigenvalue weighted by Crippen LogP contribution is 2.37. The van der Waals surface area contributed by atoms with Gasteiger partial charge in [0.2, 0.25) is 0 Å². The third kappa shape index (κ3) is 2.65. The average Bonchev–Trinajstić information content (AvgIpc) is 2.23. The van der Waals surface area contributed by atoms with Crippen LogP contribution in [0.5, 0.6) is 11.5 Å². The van der Waals surface area contributed by atoms with E-state index < -0.39 is 11.9 Å². The number of benzene rings is 1. The molecule has 1 unspecified atom stereocenters. The van der Waals surface area contributed by atoms with E-state index in [2.05, 4.69) is 15.9 Å². The maximum atomic E-state index is 14.0. The van der Waals surface area contributed by atoms with Crippen LogP contribution in [0.3, 0.4) is 0 Å². The molecule has 3 nitrogen and oxygen atoms in total. The van der Waals surface area contributed by atoms with Crippen LogP contribution in [0, 0.1) is 5.82 Å². The van der Waals surface area contributed by atoms with Crippen LogP contribution in [-0.4, -0.2) is 25.4 Å². The van der Waals surface area contributed by atoms with Gasteiger partial charge in [-0.3, -0.25) is 0 Å². The quantitative estimate of drug-likeness (QED) is 0.927. The van der Waals surface area contributed by atoms with Gasteiger partial charge in [-0.15, -0.1) is 0 Å². The van der Waals surface area contributed by atoms with Gasteiger partial charge in [0.05, 0.1) is 20.3 Å². The monoisotopic (exact) mass is 292 g/mol. The standard InChI is InChI=1S/C11H14BrFO3/c1-6(14)4-7-8(12)5-9(15-2)11(16-3)10(7)13/h5-6,14H,4H2,1-3H3. The van der Waals surface area contributed by atoms with E-state index in [1.165, 1.54) is 14.2 Å². The Kier molecular flexibility index (Phi) is 4.56. The summed E-state index contributed by atoms with van der Waals surface area (Å²) in [6, 6.07) is 1.62. The van der Waals surface area contributed by atoms with Crippen molar-refractivity contribution in [1.29, 1.82) is 0 Å². The van der Waals surface area contributed by atoms with Crippen molar-refractivity contribution in [2.24, 2.45) is 0 Å². The van der Waals surface area contributed by atoms with Gasteiger partial charge in [-0.1, -0.05) is 15.9 Å². The van der Waals surface area contributed by atoms with E-state index in [1.807, 2.05) is 0 Å². The maximum absolute atomic E-state index is 14.0. The normalized spacial score (nSPS) is 12.4. The Morgan fingerprint density at radius 2 is 2.06 bits per heavy atom. The minimum Gasteiger partial charge on any atom is -0.493 e. The first-order valence-corrected chi connectivity index (χ1v) is 5.57. The lowest BCUT2D eigenvalue weighted by Crippen LogP contribution is -2.08. The van der Waals surface area contributed by atoms with Crippen LogP contribution in [0.25, 0.3) is 0 Å². The molecule has 1 aromatic carbocycles. The van der Waals surface area contributed by atoms with Crippen LogP contribution in [-0.2, 0) is 6.42 Å². The Morgan fingerprint density at radius 3 is 2.50 bits per heavy atom. The number of rotatable bonds is 4. The molecule has 1 N–H and O–H groups in total. The van der Waals surface area contributed by atoms with Crippen LogP contribution >= 0.6 is 15.9 Å². The molecule has 0 aliphatic rings. The summed E-state index contributed by atoms with van der Waals surface area (Å²) in [5.74, 6) is -0.128. The summed E-state index contributed by atoms with van der Waals surface area (Å²) in [6.45, 7) is 1.60. The van der Waals surface area contributed by atoms with Gasteiger partial charge in [-0.05, 0) is 13.0 Å². The second kappa shape index (κ2) is 5.50. The zero-order valence-corrected chi connectivity index (χ0v) is 11.0. The lowest BCUT2D eigenvalue weighted by atomic mass is 10.1. The van der Waals surface area contributed by atoms with Gasteiger partial charge in [0.15, 0.2) is 17.3 Å². The molecule has 0 fully saturated rings. The fraction of sp³-hybridized carbons (Fsp3) is 0.455. The lowest BCUT2D eigenvalue weighted by molar-refractivity contribution is 0.193. The Balaban J connectivity index is 3.29. The molecule has 0 spiro atoms. The smallest absolute Gasteiger partial charge is 0.197 e. The summed E-state index contributed by atoms with van der Waals surface area (Å²) < 4.78 is 24.5. The molecule has 1 rings (SSSR count). The van der Waals surface area contributed by atoms with E-state index in [-0.39, 0.29) is 12.2 Å². The Morgan fingerprint density at radius 1 is 1.44 bits per heavy atom. The van der Waals surface area contributed by atoms with Crippen molar-refractivity contribution < 1.29 is 19.0 Å². The first kappa shape index (κ1) is 13.3. The maximum Gasteiger partial charge on any atom is 0.197 e. The van der Waals surface area contributed by atoms with Gasteiger partial charge in [-0.25, -0.2) is 4.39 Å². The van der Waals surface area contributed by atoms with E-state index >= 15 is 0 Å². The fourth-order valence-corrected chi connectivity index (χ4v) is 1.99. The lowest BCUT2D eigenvalue weighted by Gasteiger charge is -2.14. The molecule has 0 amide bonds. The van der Waals surface area contributed by atoms with Crippen LogP contribution in [0.4, 0.5) is 4.39 Å². The summed E-state index contributed by atoms with van der Waals surface area (Å²) in [4.78, 5) is 0. The van der Waals surface area contributed by atoms with Gasteiger partial charge in [0.25, 0.3) is 0 Å². The van der Waals surface area contributed by atoms with Crippen molar-refractivity contribution >= 4 is 15.9 Å². The van der Waals surface area contributed by atoms with Crippen LogP contribution in [0.15, 0.2) is 10.5 Å². The highest BCUT2D eigenvalue weighted by molar-refractivity contribution is 9.10. The Bertz CT molecular complexity index is 380. The first-order valence-electron chi connectivity index (χ1n) is 4.78. The predicted octanol–water partition coefficient (Wildman–Crippen LogP) is 2.53. The number of halogens is 2. The molecule has 90 valence electrons. The van der Waals surface area contributed by atoms with Crippen molar-refractivity contribution in [2.75, 3.05) is 14.2 Å². The Labute approximate surface area is 102 Å². The summed E-state index contributed by atoms with van der Waals surface area (Å²) in [6.07, 6.45) is -0.406. The molecule has 0 bridgehead atoms. The third-order valence-corrected chi connectivity index (χ3v) is 2.87. The van der Waals surface area contributed by atoms with E-state index in [0.29, 0.717) is 15.8 Å².